The highest BCUT2D eigenvalue weighted by atomic mass is 32.2. The number of unbranched alkanes of at least 4 members (excludes halogenated alkanes) is 1. The summed E-state index contributed by atoms with van der Waals surface area (Å²) in [7, 11) is -2.31. The van der Waals surface area contributed by atoms with Crippen molar-refractivity contribution in [1.82, 2.24) is 4.72 Å². The molecule has 0 radical (unpaired) electrons. The van der Waals surface area contributed by atoms with Gasteiger partial charge in [0.15, 0.2) is 0 Å². The minimum atomic E-state index is -3.86. The van der Waals surface area contributed by atoms with E-state index in [4.69, 9.17) is 9.84 Å². The molecular formula is C13H18FNO5S. The number of aromatic carboxylic acids is 1. The number of hydrogen-bond acceptors (Lipinski definition) is 4. The quantitative estimate of drug-likeness (QED) is 0.709. The summed E-state index contributed by atoms with van der Waals surface area (Å²) >= 11 is 0. The molecule has 1 rings (SSSR count). The fourth-order valence-electron chi connectivity index (χ4n) is 1.71. The van der Waals surface area contributed by atoms with Crippen molar-refractivity contribution in [2.75, 3.05) is 20.3 Å². The first-order valence-corrected chi connectivity index (χ1v) is 7.80. The number of carbonyl (C=O) groups is 1. The lowest BCUT2D eigenvalue weighted by Crippen LogP contribution is -2.25. The molecule has 21 heavy (non-hydrogen) atoms. The predicted octanol–water partition coefficient (Wildman–Crippen LogP) is 1.54. The lowest BCUT2D eigenvalue weighted by Gasteiger charge is -2.09. The molecule has 0 aliphatic carbocycles. The first kappa shape index (κ1) is 17.5. The van der Waals surface area contributed by atoms with Gasteiger partial charge < -0.3 is 9.84 Å². The molecule has 0 saturated carbocycles. The van der Waals surface area contributed by atoms with Crippen LogP contribution in [-0.2, 0) is 14.8 Å². The molecule has 0 aromatic heterocycles. The maximum Gasteiger partial charge on any atom is 0.338 e. The minimum absolute atomic E-state index is 0.0327. The first-order chi connectivity index (χ1) is 9.79. The van der Waals surface area contributed by atoms with E-state index in [0.717, 1.165) is 12.1 Å². The fourth-order valence-corrected chi connectivity index (χ4v) is 2.89. The van der Waals surface area contributed by atoms with E-state index in [9.17, 15) is 17.6 Å². The zero-order valence-corrected chi connectivity index (χ0v) is 12.7. The third-order valence-corrected chi connectivity index (χ3v) is 4.28. The third-order valence-electron chi connectivity index (χ3n) is 2.84. The van der Waals surface area contributed by atoms with Crippen molar-refractivity contribution < 1.29 is 27.4 Å². The van der Waals surface area contributed by atoms with Crippen molar-refractivity contribution in [3.05, 3.63) is 29.1 Å². The molecule has 0 unspecified atom stereocenters. The van der Waals surface area contributed by atoms with Gasteiger partial charge in [0.05, 0.1) is 10.5 Å². The molecule has 2 N–H and O–H groups in total. The molecule has 0 bridgehead atoms. The highest BCUT2D eigenvalue weighted by Crippen LogP contribution is 2.19. The Hall–Kier alpha value is -1.51. The summed E-state index contributed by atoms with van der Waals surface area (Å²) < 4.78 is 44.9. The van der Waals surface area contributed by atoms with E-state index in [1.807, 2.05) is 0 Å². The van der Waals surface area contributed by atoms with E-state index in [1.54, 1.807) is 7.11 Å². The molecule has 118 valence electrons. The molecule has 0 fully saturated rings. The van der Waals surface area contributed by atoms with Crippen LogP contribution in [0.25, 0.3) is 0 Å². The molecule has 0 amide bonds. The Morgan fingerprint density at radius 1 is 1.38 bits per heavy atom. The number of hydrogen-bond donors (Lipinski definition) is 2. The van der Waals surface area contributed by atoms with Crippen molar-refractivity contribution in [3.63, 3.8) is 0 Å². The van der Waals surface area contributed by atoms with Crippen LogP contribution in [0.3, 0.4) is 0 Å². The van der Waals surface area contributed by atoms with Crippen molar-refractivity contribution in [1.29, 1.82) is 0 Å². The molecule has 0 aliphatic heterocycles. The molecule has 0 atom stereocenters. The Morgan fingerprint density at radius 2 is 2.05 bits per heavy atom. The number of sulfonamides is 1. The fraction of sp³-hybridized carbons (Fsp3) is 0.462. The van der Waals surface area contributed by atoms with Gasteiger partial charge in [-0.15, -0.1) is 0 Å². The summed E-state index contributed by atoms with van der Waals surface area (Å²) in [6, 6.07) is 1.93. The molecule has 0 aliphatic rings. The smallest absolute Gasteiger partial charge is 0.338 e. The van der Waals surface area contributed by atoms with Crippen LogP contribution in [0.5, 0.6) is 0 Å². The summed E-state index contributed by atoms with van der Waals surface area (Å²) in [5, 5.41) is 8.88. The zero-order valence-electron chi connectivity index (χ0n) is 11.8. The Kier molecular flexibility index (Phi) is 6.25. The van der Waals surface area contributed by atoms with E-state index in [0.29, 0.717) is 19.4 Å². The van der Waals surface area contributed by atoms with Gasteiger partial charge in [-0.2, -0.15) is 0 Å². The zero-order chi connectivity index (χ0) is 16.0. The Balaban J connectivity index is 2.91. The van der Waals surface area contributed by atoms with Crippen LogP contribution in [0.15, 0.2) is 17.0 Å². The molecule has 0 heterocycles. The predicted molar refractivity (Wildman–Crippen MR) is 74.4 cm³/mol. The highest BCUT2D eigenvalue weighted by molar-refractivity contribution is 7.89. The van der Waals surface area contributed by atoms with Gasteiger partial charge in [-0.3, -0.25) is 0 Å². The van der Waals surface area contributed by atoms with E-state index >= 15 is 0 Å². The molecule has 0 spiro atoms. The van der Waals surface area contributed by atoms with Gasteiger partial charge >= 0.3 is 5.97 Å². The standard InChI is InChI=1S/C13H18FNO5S/c1-9-7-10(8-11(12(9)14)13(16)17)21(18,19)15-5-3-4-6-20-2/h7-8,15H,3-6H2,1-2H3,(H,16,17). The van der Waals surface area contributed by atoms with Crippen LogP contribution < -0.4 is 4.72 Å². The average molecular weight is 319 g/mol. The lowest BCUT2D eigenvalue weighted by atomic mass is 10.1. The average Bonchev–Trinajstić information content (AvgIpc) is 2.40. The second kappa shape index (κ2) is 7.48. The number of ether oxygens (including phenoxy) is 1. The van der Waals surface area contributed by atoms with E-state index < -0.39 is 27.4 Å². The number of nitrogens with one attached hydrogen (secondary N) is 1. The number of carboxylic acid groups (broad SMARTS) is 1. The molecular weight excluding hydrogens is 301 g/mol. The van der Waals surface area contributed by atoms with E-state index in [1.165, 1.54) is 6.92 Å². The molecule has 1 aromatic rings. The summed E-state index contributed by atoms with van der Waals surface area (Å²) in [4.78, 5) is 10.7. The van der Waals surface area contributed by atoms with Crippen LogP contribution >= 0.6 is 0 Å². The Labute approximate surface area is 123 Å². The SMILES string of the molecule is COCCCCNS(=O)(=O)c1cc(C)c(F)c(C(=O)O)c1. The van der Waals surface area contributed by atoms with Crippen LogP contribution in [0.1, 0.15) is 28.8 Å². The number of carboxylic acids is 1. The number of rotatable bonds is 8. The summed E-state index contributed by atoms with van der Waals surface area (Å²) in [6.07, 6.45) is 1.28. The second-order valence-electron chi connectivity index (χ2n) is 4.50. The number of benzene rings is 1. The van der Waals surface area contributed by atoms with Crippen LogP contribution in [0.4, 0.5) is 4.39 Å². The van der Waals surface area contributed by atoms with E-state index in [-0.39, 0.29) is 17.0 Å². The van der Waals surface area contributed by atoms with Gasteiger partial charge in [0.2, 0.25) is 10.0 Å². The summed E-state index contributed by atoms with van der Waals surface area (Å²) in [5.41, 5.74) is -0.690. The van der Waals surface area contributed by atoms with Crippen molar-refractivity contribution in [2.45, 2.75) is 24.7 Å². The van der Waals surface area contributed by atoms with Crippen molar-refractivity contribution in [2.24, 2.45) is 0 Å². The monoisotopic (exact) mass is 319 g/mol. The summed E-state index contributed by atoms with van der Waals surface area (Å²) in [6.45, 7) is 2.05. The Morgan fingerprint density at radius 3 is 2.62 bits per heavy atom. The highest BCUT2D eigenvalue weighted by Gasteiger charge is 2.20. The van der Waals surface area contributed by atoms with E-state index in [2.05, 4.69) is 4.72 Å². The maximum atomic E-state index is 13.6. The van der Waals surface area contributed by atoms with Crippen LogP contribution in [-0.4, -0.2) is 39.8 Å². The largest absolute Gasteiger partial charge is 0.478 e. The van der Waals surface area contributed by atoms with Gasteiger partial charge in [-0.05, 0) is 37.5 Å². The minimum Gasteiger partial charge on any atom is -0.478 e. The van der Waals surface area contributed by atoms with Crippen LogP contribution in [0.2, 0.25) is 0 Å². The van der Waals surface area contributed by atoms with Gasteiger partial charge in [-0.25, -0.2) is 22.3 Å². The van der Waals surface area contributed by atoms with Crippen molar-refractivity contribution >= 4 is 16.0 Å². The molecule has 6 nitrogen and oxygen atoms in total. The lowest BCUT2D eigenvalue weighted by molar-refractivity contribution is 0.0691. The van der Waals surface area contributed by atoms with Gasteiger partial charge in [0.1, 0.15) is 5.82 Å². The first-order valence-electron chi connectivity index (χ1n) is 6.31. The topological polar surface area (TPSA) is 92.7 Å². The van der Waals surface area contributed by atoms with Gasteiger partial charge in [0, 0.05) is 20.3 Å². The Bertz CT molecular complexity index is 615. The maximum absolute atomic E-state index is 13.6. The molecule has 0 saturated heterocycles. The number of methoxy groups -OCH3 is 1. The number of aryl methyl sites for hydroxylation is 1. The van der Waals surface area contributed by atoms with Crippen molar-refractivity contribution in [3.8, 4) is 0 Å². The third kappa shape index (κ3) is 4.76. The van der Waals surface area contributed by atoms with Gasteiger partial charge in [-0.1, -0.05) is 0 Å². The molecule has 8 heteroatoms. The van der Waals surface area contributed by atoms with Gasteiger partial charge in [0.25, 0.3) is 0 Å². The van der Waals surface area contributed by atoms with Crippen LogP contribution in [0, 0.1) is 12.7 Å². The summed E-state index contributed by atoms with van der Waals surface area (Å²) in [5.74, 6) is -2.44. The number of halogens is 1. The normalized spacial score (nSPS) is 11.6. The second-order valence-corrected chi connectivity index (χ2v) is 6.27. The molecule has 1 aromatic carbocycles.